The summed E-state index contributed by atoms with van der Waals surface area (Å²) in [5, 5.41) is 3.41. The first-order valence-corrected chi connectivity index (χ1v) is 13.8. The van der Waals surface area contributed by atoms with E-state index in [-0.39, 0.29) is 30.2 Å². The Kier molecular flexibility index (Phi) is 8.05. The van der Waals surface area contributed by atoms with Crippen LogP contribution in [0.15, 0.2) is 59.4 Å². The van der Waals surface area contributed by atoms with E-state index in [1.165, 1.54) is 0 Å². The van der Waals surface area contributed by atoms with Gasteiger partial charge in [0, 0.05) is 41.3 Å². The topological polar surface area (TPSA) is 92.3 Å². The van der Waals surface area contributed by atoms with Crippen LogP contribution in [0, 0.1) is 5.92 Å². The van der Waals surface area contributed by atoms with E-state index in [2.05, 4.69) is 11.4 Å². The molecule has 3 unspecified atom stereocenters. The summed E-state index contributed by atoms with van der Waals surface area (Å²) in [6.07, 6.45) is 6.11. The molecule has 212 valence electrons. The van der Waals surface area contributed by atoms with Gasteiger partial charge in [-0.3, -0.25) is 4.79 Å². The van der Waals surface area contributed by atoms with Crippen LogP contribution in [0.5, 0.6) is 23.0 Å². The number of hydrogen-bond acceptors (Lipinski definition) is 8. The van der Waals surface area contributed by atoms with E-state index < -0.39 is 11.8 Å². The summed E-state index contributed by atoms with van der Waals surface area (Å²) < 4.78 is 28.1. The lowest BCUT2D eigenvalue weighted by Gasteiger charge is -2.40. The molecule has 40 heavy (non-hydrogen) atoms. The average molecular weight is 548 g/mol. The van der Waals surface area contributed by atoms with Crippen molar-refractivity contribution in [2.75, 3.05) is 28.4 Å². The molecule has 0 amide bonds. The molecule has 5 rings (SSSR count). The molecule has 0 saturated heterocycles. The number of methoxy groups -OCH3 is 4. The lowest BCUT2D eigenvalue weighted by Crippen LogP contribution is -2.42. The number of carbonyl (C=O) groups is 2. The van der Waals surface area contributed by atoms with Gasteiger partial charge in [0.25, 0.3) is 0 Å². The molecule has 1 heterocycles. The minimum absolute atomic E-state index is 0.0336. The number of nitrogens with one attached hydrogen (secondary N) is 1. The van der Waals surface area contributed by atoms with Crippen molar-refractivity contribution >= 4 is 11.8 Å². The smallest absolute Gasteiger partial charge is 0.336 e. The van der Waals surface area contributed by atoms with E-state index in [1.54, 1.807) is 34.5 Å². The zero-order valence-electron chi connectivity index (χ0n) is 23.7. The van der Waals surface area contributed by atoms with Gasteiger partial charge < -0.3 is 29.0 Å². The summed E-state index contributed by atoms with van der Waals surface area (Å²) in [5.41, 5.74) is 3.61. The number of ether oxygens (including phenoxy) is 5. The highest BCUT2D eigenvalue weighted by Crippen LogP contribution is 2.49. The van der Waals surface area contributed by atoms with Crippen molar-refractivity contribution in [3.63, 3.8) is 0 Å². The van der Waals surface area contributed by atoms with Gasteiger partial charge >= 0.3 is 5.97 Å². The predicted molar refractivity (Wildman–Crippen MR) is 150 cm³/mol. The number of esters is 1. The summed E-state index contributed by atoms with van der Waals surface area (Å²) in [7, 11) is 6.36. The Bertz CT molecular complexity index is 1360. The first-order valence-electron chi connectivity index (χ1n) is 13.8. The van der Waals surface area contributed by atoms with Crippen LogP contribution in [0.2, 0.25) is 0 Å². The second-order valence-electron chi connectivity index (χ2n) is 10.6. The van der Waals surface area contributed by atoms with Gasteiger partial charge in [0.15, 0.2) is 11.5 Å². The molecule has 1 saturated carbocycles. The lowest BCUT2D eigenvalue weighted by molar-refractivity contribution is -0.144. The second kappa shape index (κ2) is 11.7. The molecule has 0 aromatic heterocycles. The third-order valence-electron chi connectivity index (χ3n) is 8.27. The van der Waals surface area contributed by atoms with E-state index in [0.29, 0.717) is 34.3 Å². The van der Waals surface area contributed by atoms with Crippen LogP contribution in [-0.4, -0.2) is 46.3 Å². The minimum atomic E-state index is -0.589. The van der Waals surface area contributed by atoms with Crippen LogP contribution in [0.4, 0.5) is 0 Å². The molecule has 2 aromatic carbocycles. The zero-order valence-corrected chi connectivity index (χ0v) is 23.7. The number of ketones is 1. The Hall–Kier alpha value is -3.94. The zero-order chi connectivity index (χ0) is 28.4. The summed E-state index contributed by atoms with van der Waals surface area (Å²) in [6, 6.07) is 11.2. The molecular formula is C32H37NO7. The largest absolute Gasteiger partial charge is 0.497 e. The quantitative estimate of drug-likeness (QED) is 0.438. The highest BCUT2D eigenvalue weighted by molar-refractivity contribution is 5.96. The monoisotopic (exact) mass is 547 g/mol. The average Bonchev–Trinajstić information content (AvgIpc) is 3.48. The molecule has 3 atom stereocenters. The Morgan fingerprint density at radius 2 is 1.57 bits per heavy atom. The summed E-state index contributed by atoms with van der Waals surface area (Å²) in [5.74, 6) is 0.756. The molecule has 8 heteroatoms. The first-order chi connectivity index (χ1) is 19.4. The van der Waals surface area contributed by atoms with Crippen molar-refractivity contribution < 1.29 is 33.3 Å². The maximum absolute atomic E-state index is 14.0. The van der Waals surface area contributed by atoms with Gasteiger partial charge in [-0.25, -0.2) is 4.79 Å². The normalized spacial score (nSPS) is 22.7. The van der Waals surface area contributed by atoms with Crippen LogP contribution in [0.25, 0.3) is 0 Å². The predicted octanol–water partition coefficient (Wildman–Crippen LogP) is 5.42. The standard InChI is InChI=1S/C32H37NO7/c1-18-29(32(35)40-21-8-6-7-9-21)30(23-12-11-22(36-2)17-27(23)38-4)31-24(33-18)14-20(15-25(31)34)19-10-13-26(37-3)28(16-19)39-5/h10-14,16-17,20-21,30-31,33H,6-9,15H2,1-5H3. The molecule has 1 fully saturated rings. The number of carbonyl (C=O) groups excluding carboxylic acids is 2. The molecule has 0 bridgehead atoms. The Morgan fingerprint density at radius 1 is 0.850 bits per heavy atom. The van der Waals surface area contributed by atoms with E-state index in [9.17, 15) is 9.59 Å². The van der Waals surface area contributed by atoms with Gasteiger partial charge in [0.05, 0.1) is 39.9 Å². The number of hydrogen-bond donors (Lipinski definition) is 1. The van der Waals surface area contributed by atoms with E-state index >= 15 is 0 Å². The molecule has 2 aliphatic carbocycles. The van der Waals surface area contributed by atoms with Gasteiger partial charge in [0.2, 0.25) is 0 Å². The first kappa shape index (κ1) is 27.6. The number of Topliss-reactive ketones (excluding diaryl/α,β-unsaturated/α-hetero) is 1. The Labute approximate surface area is 235 Å². The molecule has 1 N–H and O–H groups in total. The fraction of sp³-hybridized carbons (Fsp3) is 0.438. The van der Waals surface area contributed by atoms with Crippen molar-refractivity contribution in [1.29, 1.82) is 0 Å². The maximum Gasteiger partial charge on any atom is 0.336 e. The van der Waals surface area contributed by atoms with Crippen LogP contribution < -0.4 is 24.3 Å². The van der Waals surface area contributed by atoms with Crippen molar-refractivity contribution in [3.8, 4) is 23.0 Å². The van der Waals surface area contributed by atoms with Gasteiger partial charge in [-0.2, -0.15) is 0 Å². The molecule has 0 spiro atoms. The summed E-state index contributed by atoms with van der Waals surface area (Å²) in [4.78, 5) is 27.8. The van der Waals surface area contributed by atoms with Gasteiger partial charge in [-0.15, -0.1) is 0 Å². The lowest BCUT2D eigenvalue weighted by atomic mass is 9.68. The number of fused-ring (bicyclic) bond motifs is 1. The maximum atomic E-state index is 14.0. The number of benzene rings is 2. The highest BCUT2D eigenvalue weighted by atomic mass is 16.5. The third kappa shape index (κ3) is 5.15. The van der Waals surface area contributed by atoms with Crippen molar-refractivity contribution in [3.05, 3.63) is 70.6 Å². The van der Waals surface area contributed by atoms with Crippen LogP contribution in [0.3, 0.4) is 0 Å². The van der Waals surface area contributed by atoms with E-state index in [1.807, 2.05) is 37.3 Å². The molecule has 8 nitrogen and oxygen atoms in total. The molecule has 0 radical (unpaired) electrons. The van der Waals surface area contributed by atoms with Crippen LogP contribution in [0.1, 0.15) is 62.0 Å². The van der Waals surface area contributed by atoms with E-state index in [0.717, 1.165) is 42.5 Å². The molecule has 1 aliphatic heterocycles. The number of rotatable bonds is 8. The highest BCUT2D eigenvalue weighted by Gasteiger charge is 2.46. The molecule has 3 aliphatic rings. The van der Waals surface area contributed by atoms with Crippen LogP contribution in [-0.2, 0) is 14.3 Å². The van der Waals surface area contributed by atoms with Crippen LogP contribution >= 0.6 is 0 Å². The van der Waals surface area contributed by atoms with Gasteiger partial charge in [-0.1, -0.05) is 18.2 Å². The summed E-state index contributed by atoms with van der Waals surface area (Å²) >= 11 is 0. The second-order valence-corrected chi connectivity index (χ2v) is 10.6. The van der Waals surface area contributed by atoms with E-state index in [4.69, 9.17) is 23.7 Å². The fourth-order valence-corrected chi connectivity index (χ4v) is 6.27. The molecule has 2 aromatic rings. The summed E-state index contributed by atoms with van der Waals surface area (Å²) in [6.45, 7) is 1.87. The third-order valence-corrected chi connectivity index (χ3v) is 8.27. The van der Waals surface area contributed by atoms with Gasteiger partial charge in [0.1, 0.15) is 23.4 Å². The number of allylic oxidation sites excluding steroid dienone is 3. The fourth-order valence-electron chi connectivity index (χ4n) is 6.27. The van der Waals surface area contributed by atoms with Crippen molar-refractivity contribution in [2.24, 2.45) is 5.92 Å². The minimum Gasteiger partial charge on any atom is -0.497 e. The van der Waals surface area contributed by atoms with Crippen molar-refractivity contribution in [1.82, 2.24) is 5.32 Å². The van der Waals surface area contributed by atoms with Crippen molar-refractivity contribution in [2.45, 2.75) is 57.0 Å². The molecular weight excluding hydrogens is 510 g/mol. The Morgan fingerprint density at radius 3 is 2.25 bits per heavy atom. The SMILES string of the molecule is COc1ccc(C2C(C(=O)OC3CCCC3)=C(C)NC3=CC(c4ccc(OC)c(OC)c4)CC(=O)C32)c(OC)c1. The Balaban J connectivity index is 1.60. The van der Waals surface area contributed by atoms with Gasteiger partial charge in [-0.05, 0) is 56.4 Å².